The lowest BCUT2D eigenvalue weighted by Gasteiger charge is -2.34. The van der Waals surface area contributed by atoms with Gasteiger partial charge in [-0.3, -0.25) is 9.59 Å². The predicted octanol–water partition coefficient (Wildman–Crippen LogP) is 3.29. The SMILES string of the molecule is CCOC(=O)C[C@H]1CCCCN1C(=O)c1cn(Cc2ccccc2C(F)(F)F)nn1. The number of carbonyl (C=O) groups is 2. The summed E-state index contributed by atoms with van der Waals surface area (Å²) < 4.78 is 45.8. The molecule has 162 valence electrons. The summed E-state index contributed by atoms with van der Waals surface area (Å²) in [6, 6.07) is 4.92. The van der Waals surface area contributed by atoms with E-state index >= 15 is 0 Å². The molecule has 1 aliphatic heterocycles. The first-order valence-electron chi connectivity index (χ1n) is 9.81. The molecule has 0 spiro atoms. The van der Waals surface area contributed by atoms with Crippen molar-refractivity contribution in [1.82, 2.24) is 19.9 Å². The molecule has 1 fully saturated rings. The van der Waals surface area contributed by atoms with Crippen LogP contribution in [0.4, 0.5) is 13.2 Å². The summed E-state index contributed by atoms with van der Waals surface area (Å²) in [6.07, 6.45) is -0.660. The molecular formula is C20H23F3N4O3. The number of hydrogen-bond acceptors (Lipinski definition) is 5. The van der Waals surface area contributed by atoms with E-state index in [9.17, 15) is 22.8 Å². The molecule has 7 nitrogen and oxygen atoms in total. The van der Waals surface area contributed by atoms with E-state index in [2.05, 4.69) is 10.3 Å². The lowest BCUT2D eigenvalue weighted by atomic mass is 9.99. The van der Waals surface area contributed by atoms with Gasteiger partial charge in [0.2, 0.25) is 0 Å². The van der Waals surface area contributed by atoms with Gasteiger partial charge in [0.25, 0.3) is 5.91 Å². The van der Waals surface area contributed by atoms with E-state index in [0.717, 1.165) is 18.9 Å². The second-order valence-corrected chi connectivity index (χ2v) is 7.11. The van der Waals surface area contributed by atoms with E-state index in [4.69, 9.17) is 4.74 Å². The van der Waals surface area contributed by atoms with E-state index in [0.29, 0.717) is 13.0 Å². The maximum Gasteiger partial charge on any atom is 0.416 e. The Morgan fingerprint density at radius 2 is 2.00 bits per heavy atom. The number of piperidine rings is 1. The van der Waals surface area contributed by atoms with Gasteiger partial charge in [-0.25, -0.2) is 4.68 Å². The Balaban J connectivity index is 1.74. The molecule has 3 rings (SSSR count). The number of rotatable bonds is 6. The van der Waals surface area contributed by atoms with E-state index < -0.39 is 11.7 Å². The Morgan fingerprint density at radius 3 is 2.73 bits per heavy atom. The zero-order chi connectivity index (χ0) is 21.7. The molecule has 10 heteroatoms. The average Bonchev–Trinajstić information content (AvgIpc) is 3.16. The molecule has 0 bridgehead atoms. The quantitative estimate of drug-likeness (QED) is 0.665. The maximum atomic E-state index is 13.2. The largest absolute Gasteiger partial charge is 0.466 e. The summed E-state index contributed by atoms with van der Waals surface area (Å²) in [5.74, 6) is -0.756. The molecule has 0 radical (unpaired) electrons. The first kappa shape index (κ1) is 21.8. The molecule has 1 aliphatic rings. The molecule has 0 N–H and O–H groups in total. The third kappa shape index (κ3) is 5.17. The monoisotopic (exact) mass is 424 g/mol. The van der Waals surface area contributed by atoms with Crippen LogP contribution in [0, 0.1) is 0 Å². The summed E-state index contributed by atoms with van der Waals surface area (Å²) in [4.78, 5) is 26.4. The molecule has 30 heavy (non-hydrogen) atoms. The average molecular weight is 424 g/mol. The van der Waals surface area contributed by atoms with Gasteiger partial charge in [-0.05, 0) is 37.8 Å². The maximum absolute atomic E-state index is 13.2. The minimum Gasteiger partial charge on any atom is -0.466 e. The highest BCUT2D eigenvalue weighted by Crippen LogP contribution is 2.32. The van der Waals surface area contributed by atoms with Crippen LogP contribution < -0.4 is 0 Å². The summed E-state index contributed by atoms with van der Waals surface area (Å²) in [5.41, 5.74) is -0.679. The lowest BCUT2D eigenvalue weighted by molar-refractivity contribution is -0.144. The van der Waals surface area contributed by atoms with Crippen LogP contribution in [-0.4, -0.2) is 51.0 Å². The van der Waals surface area contributed by atoms with Crippen molar-refractivity contribution in [3.63, 3.8) is 0 Å². The van der Waals surface area contributed by atoms with Gasteiger partial charge in [0, 0.05) is 12.6 Å². The van der Waals surface area contributed by atoms with Crippen LogP contribution in [0.25, 0.3) is 0 Å². The molecular weight excluding hydrogens is 401 g/mol. The van der Waals surface area contributed by atoms with Crippen LogP contribution in [-0.2, 0) is 22.3 Å². The molecule has 0 aliphatic carbocycles. The third-order valence-electron chi connectivity index (χ3n) is 5.01. The van der Waals surface area contributed by atoms with Gasteiger partial charge < -0.3 is 9.64 Å². The van der Waals surface area contributed by atoms with Crippen molar-refractivity contribution in [1.29, 1.82) is 0 Å². The van der Waals surface area contributed by atoms with E-state index in [1.54, 1.807) is 11.8 Å². The van der Waals surface area contributed by atoms with Crippen LogP contribution >= 0.6 is 0 Å². The number of benzene rings is 1. The highest BCUT2D eigenvalue weighted by atomic mass is 19.4. The second kappa shape index (κ2) is 9.27. The Hall–Kier alpha value is -2.91. The Morgan fingerprint density at radius 1 is 1.23 bits per heavy atom. The Kier molecular flexibility index (Phi) is 6.73. The number of nitrogens with zero attached hydrogens (tertiary/aromatic N) is 4. The van der Waals surface area contributed by atoms with Crippen molar-refractivity contribution in [2.75, 3.05) is 13.2 Å². The minimum atomic E-state index is -4.48. The van der Waals surface area contributed by atoms with Crippen molar-refractivity contribution >= 4 is 11.9 Å². The number of hydrogen-bond donors (Lipinski definition) is 0. The Labute approximate surface area is 171 Å². The van der Waals surface area contributed by atoms with Crippen molar-refractivity contribution in [3.05, 3.63) is 47.3 Å². The molecule has 2 heterocycles. The van der Waals surface area contributed by atoms with Gasteiger partial charge in [-0.2, -0.15) is 13.2 Å². The van der Waals surface area contributed by atoms with Crippen molar-refractivity contribution in [2.24, 2.45) is 0 Å². The number of alkyl halides is 3. The normalized spacial score (nSPS) is 17.1. The molecule has 1 atom stereocenters. The highest BCUT2D eigenvalue weighted by molar-refractivity contribution is 5.92. The number of amides is 1. The smallest absolute Gasteiger partial charge is 0.416 e. The molecule has 2 aromatic rings. The van der Waals surface area contributed by atoms with Crippen LogP contribution in [0.15, 0.2) is 30.5 Å². The summed E-state index contributed by atoms with van der Waals surface area (Å²) >= 11 is 0. The molecule has 1 aromatic carbocycles. The molecule has 1 amide bonds. The van der Waals surface area contributed by atoms with E-state index in [1.165, 1.54) is 29.1 Å². The summed E-state index contributed by atoms with van der Waals surface area (Å²) in [7, 11) is 0. The summed E-state index contributed by atoms with van der Waals surface area (Å²) in [6.45, 7) is 2.30. The van der Waals surface area contributed by atoms with Gasteiger partial charge in [0.15, 0.2) is 5.69 Å². The van der Waals surface area contributed by atoms with Gasteiger partial charge in [-0.15, -0.1) is 5.10 Å². The van der Waals surface area contributed by atoms with Crippen LogP contribution in [0.2, 0.25) is 0 Å². The second-order valence-electron chi connectivity index (χ2n) is 7.11. The van der Waals surface area contributed by atoms with Crippen LogP contribution in [0.5, 0.6) is 0 Å². The van der Waals surface area contributed by atoms with Gasteiger partial charge in [0.05, 0.1) is 31.3 Å². The lowest BCUT2D eigenvalue weighted by Crippen LogP contribution is -2.45. The number of carbonyl (C=O) groups excluding carboxylic acids is 2. The highest BCUT2D eigenvalue weighted by Gasteiger charge is 2.33. The molecule has 0 saturated carbocycles. The fourth-order valence-corrected chi connectivity index (χ4v) is 3.62. The van der Waals surface area contributed by atoms with Gasteiger partial charge in [-0.1, -0.05) is 23.4 Å². The Bertz CT molecular complexity index is 897. The minimum absolute atomic E-state index is 0.0343. The zero-order valence-electron chi connectivity index (χ0n) is 16.6. The number of likely N-dealkylation sites (tertiary alicyclic amines) is 1. The van der Waals surface area contributed by atoms with Gasteiger partial charge in [0.1, 0.15) is 0 Å². The fraction of sp³-hybridized carbons (Fsp3) is 0.500. The topological polar surface area (TPSA) is 77.3 Å². The molecule has 1 saturated heterocycles. The van der Waals surface area contributed by atoms with E-state index in [1.807, 2.05) is 0 Å². The fourth-order valence-electron chi connectivity index (χ4n) is 3.62. The zero-order valence-corrected chi connectivity index (χ0v) is 16.6. The molecule has 0 unspecified atom stereocenters. The summed E-state index contributed by atoms with van der Waals surface area (Å²) in [5, 5.41) is 7.68. The predicted molar refractivity (Wildman–Crippen MR) is 100 cm³/mol. The van der Waals surface area contributed by atoms with Crippen molar-refractivity contribution < 1.29 is 27.5 Å². The number of aromatic nitrogens is 3. The number of halogens is 3. The van der Waals surface area contributed by atoms with Gasteiger partial charge >= 0.3 is 12.1 Å². The first-order valence-corrected chi connectivity index (χ1v) is 9.81. The number of esters is 1. The standard InChI is InChI=1S/C20H23F3N4O3/c1-2-30-18(28)11-15-8-5-6-10-27(15)19(29)17-13-26(25-24-17)12-14-7-3-4-9-16(14)20(21,22)23/h3-4,7,9,13,15H,2,5-6,8,10-12H2,1H3/t15-/m1/s1. The van der Waals surface area contributed by atoms with E-state index in [-0.39, 0.29) is 48.7 Å². The number of ether oxygens (including phenoxy) is 1. The van der Waals surface area contributed by atoms with Crippen molar-refractivity contribution in [3.8, 4) is 0 Å². The van der Waals surface area contributed by atoms with Crippen LogP contribution in [0.3, 0.4) is 0 Å². The first-order chi connectivity index (χ1) is 14.3. The third-order valence-corrected chi connectivity index (χ3v) is 5.01. The van der Waals surface area contributed by atoms with Crippen molar-refractivity contribution in [2.45, 2.75) is 51.4 Å². The molecule has 1 aromatic heterocycles. The van der Waals surface area contributed by atoms with Crippen LogP contribution in [0.1, 0.15) is 54.2 Å².